The van der Waals surface area contributed by atoms with Crippen molar-refractivity contribution < 1.29 is 24.4 Å². The Morgan fingerprint density at radius 2 is 2.00 bits per heavy atom. The third-order valence-corrected chi connectivity index (χ3v) is 3.80. The molecule has 4 N–H and O–H groups in total. The number of H-pyrrole nitrogens is 1. The van der Waals surface area contributed by atoms with Gasteiger partial charge in [-0.1, -0.05) is 0 Å². The van der Waals surface area contributed by atoms with Crippen molar-refractivity contribution in [2.24, 2.45) is 0 Å². The monoisotopic (exact) mass is 388 g/mol. The van der Waals surface area contributed by atoms with Crippen LogP contribution in [0.5, 0.6) is 0 Å². The van der Waals surface area contributed by atoms with E-state index in [0.717, 1.165) is 0 Å². The van der Waals surface area contributed by atoms with Gasteiger partial charge in [0.2, 0.25) is 5.82 Å². The minimum Gasteiger partial charge on any atom is -0.394 e. The lowest BCUT2D eigenvalue weighted by molar-refractivity contribution is -0.0568. The zero-order chi connectivity index (χ0) is 14.3. The Kier molecular flexibility index (Phi) is 4.06. The second-order valence-electron chi connectivity index (χ2n) is 3.96. The first-order valence-electron chi connectivity index (χ1n) is 5.20. The molecule has 106 valence electrons. The van der Waals surface area contributed by atoms with E-state index in [4.69, 9.17) is 9.84 Å². The normalized spacial score (nSPS) is 30.8. The summed E-state index contributed by atoms with van der Waals surface area (Å²) in [5.41, 5.74) is -2.16. The highest BCUT2D eigenvalue weighted by Crippen LogP contribution is 2.29. The fraction of sp³-hybridized carbons (Fsp3) is 0.556. The molecule has 0 aliphatic carbocycles. The minimum atomic E-state index is -1.53. The standard InChI is InChI=1S/C9H10FIN2O6/c10-3-6(11)13(9(18)12-7(3)17)8-5(16)4(15)2(1-14)19-8/h2,4-5,8,14-16H,1H2,(H,12,17,18)/t2-,4-,5-,8-/m0/s1. The molecule has 4 atom stereocenters. The summed E-state index contributed by atoms with van der Waals surface area (Å²) in [5, 5.41) is 28.3. The van der Waals surface area contributed by atoms with E-state index >= 15 is 0 Å². The summed E-state index contributed by atoms with van der Waals surface area (Å²) in [5.74, 6) is -1.20. The van der Waals surface area contributed by atoms with Gasteiger partial charge in [0.15, 0.2) is 6.23 Å². The van der Waals surface area contributed by atoms with Gasteiger partial charge < -0.3 is 20.1 Å². The van der Waals surface area contributed by atoms with Gasteiger partial charge in [0.05, 0.1) is 6.61 Å². The number of ether oxygens (including phenoxy) is 1. The predicted molar refractivity (Wildman–Crippen MR) is 67.0 cm³/mol. The molecule has 2 heterocycles. The SMILES string of the molecule is O=c1[nH]c(=O)n([C@H]2O[C@@H](CO)[C@H](O)[C@@H]2O)c(I)c1F. The van der Waals surface area contributed by atoms with Gasteiger partial charge in [-0.2, -0.15) is 4.39 Å². The average molecular weight is 388 g/mol. The topological polar surface area (TPSA) is 125 Å². The lowest BCUT2D eigenvalue weighted by Gasteiger charge is -2.18. The van der Waals surface area contributed by atoms with Gasteiger partial charge >= 0.3 is 5.69 Å². The second kappa shape index (κ2) is 5.28. The first-order chi connectivity index (χ1) is 8.88. The zero-order valence-electron chi connectivity index (χ0n) is 9.29. The van der Waals surface area contributed by atoms with E-state index in [2.05, 4.69) is 0 Å². The van der Waals surface area contributed by atoms with Crippen LogP contribution < -0.4 is 11.2 Å². The number of nitrogens with zero attached hydrogens (tertiary/aromatic N) is 1. The van der Waals surface area contributed by atoms with Crippen LogP contribution in [0.4, 0.5) is 4.39 Å². The maximum Gasteiger partial charge on any atom is 0.331 e. The lowest BCUT2D eigenvalue weighted by atomic mass is 10.1. The van der Waals surface area contributed by atoms with E-state index in [1.165, 1.54) is 22.6 Å². The summed E-state index contributed by atoms with van der Waals surface area (Å²) in [7, 11) is 0. The van der Waals surface area contributed by atoms with E-state index in [-0.39, 0.29) is 3.70 Å². The molecule has 1 fully saturated rings. The van der Waals surface area contributed by atoms with E-state index in [1.54, 1.807) is 4.98 Å². The first kappa shape index (κ1) is 14.6. The molecule has 19 heavy (non-hydrogen) atoms. The number of halogens is 2. The zero-order valence-corrected chi connectivity index (χ0v) is 11.4. The molecule has 0 radical (unpaired) electrons. The molecule has 1 aromatic rings. The van der Waals surface area contributed by atoms with Gasteiger partial charge in [-0.15, -0.1) is 0 Å². The number of aliphatic hydroxyl groups is 3. The average Bonchev–Trinajstić information content (AvgIpc) is 2.64. The fourth-order valence-electron chi connectivity index (χ4n) is 1.82. The minimum absolute atomic E-state index is 0.360. The van der Waals surface area contributed by atoms with Gasteiger partial charge in [0.25, 0.3) is 5.56 Å². The summed E-state index contributed by atoms with van der Waals surface area (Å²) in [6, 6.07) is 0. The highest BCUT2D eigenvalue weighted by molar-refractivity contribution is 14.1. The maximum atomic E-state index is 13.5. The van der Waals surface area contributed by atoms with Crippen molar-refractivity contribution in [3.8, 4) is 0 Å². The van der Waals surface area contributed by atoms with Crippen molar-refractivity contribution in [2.75, 3.05) is 6.61 Å². The molecule has 0 spiro atoms. The summed E-state index contributed by atoms with van der Waals surface area (Å²) >= 11 is 1.41. The van der Waals surface area contributed by atoms with Crippen molar-refractivity contribution in [1.29, 1.82) is 0 Å². The van der Waals surface area contributed by atoms with Crippen molar-refractivity contribution >= 4 is 22.6 Å². The van der Waals surface area contributed by atoms with Crippen molar-refractivity contribution in [1.82, 2.24) is 9.55 Å². The Balaban J connectivity index is 2.52. The second-order valence-corrected chi connectivity index (χ2v) is 4.98. The number of aromatic amines is 1. The smallest absolute Gasteiger partial charge is 0.331 e. The van der Waals surface area contributed by atoms with E-state index < -0.39 is 48.2 Å². The van der Waals surface area contributed by atoms with Crippen LogP contribution in [0.3, 0.4) is 0 Å². The number of hydrogen-bond acceptors (Lipinski definition) is 6. The Labute approximate surface area is 118 Å². The van der Waals surface area contributed by atoms with Crippen molar-refractivity contribution in [3.05, 3.63) is 30.4 Å². The van der Waals surface area contributed by atoms with Gasteiger partial charge in [0.1, 0.15) is 22.0 Å². The van der Waals surface area contributed by atoms with Crippen LogP contribution in [-0.2, 0) is 4.74 Å². The van der Waals surface area contributed by atoms with Gasteiger partial charge in [-0.25, -0.2) is 4.79 Å². The van der Waals surface area contributed by atoms with Gasteiger partial charge in [-0.05, 0) is 22.6 Å². The summed E-state index contributed by atoms with van der Waals surface area (Å²) < 4.78 is 18.9. The molecule has 1 aliphatic heterocycles. The molecular weight excluding hydrogens is 378 g/mol. The summed E-state index contributed by atoms with van der Waals surface area (Å²) in [6.07, 6.45) is -5.45. The van der Waals surface area contributed by atoms with Crippen LogP contribution in [0, 0.1) is 9.52 Å². The molecule has 0 bridgehead atoms. The van der Waals surface area contributed by atoms with Crippen LogP contribution in [0.2, 0.25) is 0 Å². The van der Waals surface area contributed by atoms with E-state index in [1.807, 2.05) is 0 Å². The van der Waals surface area contributed by atoms with Crippen molar-refractivity contribution in [2.45, 2.75) is 24.5 Å². The number of rotatable bonds is 2. The molecule has 0 amide bonds. The van der Waals surface area contributed by atoms with Crippen LogP contribution in [-0.4, -0.2) is 49.8 Å². The molecule has 0 aromatic carbocycles. The third kappa shape index (κ3) is 2.33. The van der Waals surface area contributed by atoms with E-state index in [0.29, 0.717) is 4.57 Å². The van der Waals surface area contributed by atoms with Crippen LogP contribution in [0.25, 0.3) is 0 Å². The Bertz CT molecular complexity index is 601. The molecule has 0 saturated carbocycles. The predicted octanol–water partition coefficient (Wildman–Crippen LogP) is -2.11. The lowest BCUT2D eigenvalue weighted by Crippen LogP contribution is -2.40. The summed E-state index contributed by atoms with van der Waals surface area (Å²) in [6.45, 7) is -0.577. The van der Waals surface area contributed by atoms with Gasteiger partial charge in [-0.3, -0.25) is 14.3 Å². The number of aliphatic hydroxyl groups excluding tert-OH is 3. The molecule has 10 heteroatoms. The molecule has 0 unspecified atom stereocenters. The Morgan fingerprint density at radius 1 is 1.37 bits per heavy atom. The maximum absolute atomic E-state index is 13.5. The molecule has 1 aliphatic rings. The number of nitrogens with one attached hydrogen (secondary N) is 1. The third-order valence-electron chi connectivity index (χ3n) is 2.80. The largest absolute Gasteiger partial charge is 0.394 e. The molecule has 2 rings (SSSR count). The first-order valence-corrected chi connectivity index (χ1v) is 6.28. The molecule has 1 saturated heterocycles. The van der Waals surface area contributed by atoms with Crippen LogP contribution in [0.1, 0.15) is 6.23 Å². The van der Waals surface area contributed by atoms with Crippen molar-refractivity contribution in [3.63, 3.8) is 0 Å². The number of hydrogen-bond donors (Lipinski definition) is 4. The van der Waals surface area contributed by atoms with E-state index in [9.17, 15) is 24.2 Å². The molecular formula is C9H10FIN2O6. The highest BCUT2D eigenvalue weighted by Gasteiger charge is 2.44. The quantitative estimate of drug-likeness (QED) is 0.340. The van der Waals surface area contributed by atoms with Gasteiger partial charge in [0, 0.05) is 0 Å². The fourth-order valence-corrected chi connectivity index (χ4v) is 2.56. The molecule has 1 aromatic heterocycles. The summed E-state index contributed by atoms with van der Waals surface area (Å²) in [4.78, 5) is 24.4. The Morgan fingerprint density at radius 3 is 2.53 bits per heavy atom. The highest BCUT2D eigenvalue weighted by atomic mass is 127. The molecule has 8 nitrogen and oxygen atoms in total. The number of aromatic nitrogens is 2. The van der Waals surface area contributed by atoms with Crippen LogP contribution in [0.15, 0.2) is 9.59 Å². The van der Waals surface area contributed by atoms with Crippen LogP contribution >= 0.6 is 22.6 Å². The Hall–Kier alpha value is -0.820.